The van der Waals surface area contributed by atoms with Crippen LogP contribution in [0.1, 0.15) is 348 Å². The second kappa shape index (κ2) is 62.9. The average Bonchev–Trinajstić information content (AvgIpc) is 3.40. The summed E-state index contributed by atoms with van der Waals surface area (Å²) in [5.41, 5.74) is 0. The van der Waals surface area contributed by atoms with Crippen LogP contribution in [0.3, 0.4) is 0 Å². The van der Waals surface area contributed by atoms with Gasteiger partial charge in [-0.15, -0.1) is 0 Å². The van der Waals surface area contributed by atoms with Gasteiger partial charge in [-0.05, 0) is 103 Å². The molecule has 0 bridgehead atoms. The van der Waals surface area contributed by atoms with Gasteiger partial charge in [0.05, 0.1) is 0 Å². The minimum absolute atomic E-state index is 0.0771. The molecule has 6 nitrogen and oxygen atoms in total. The van der Waals surface area contributed by atoms with Gasteiger partial charge in [0.1, 0.15) is 13.2 Å². The highest BCUT2D eigenvalue weighted by atomic mass is 16.6. The molecule has 0 amide bonds. The summed E-state index contributed by atoms with van der Waals surface area (Å²) < 4.78 is 16.9. The molecule has 432 valence electrons. The number of carbonyl (C=O) groups excluding carboxylic acids is 3. The van der Waals surface area contributed by atoms with Crippen molar-refractivity contribution in [3.05, 3.63) is 48.6 Å². The van der Waals surface area contributed by atoms with E-state index in [4.69, 9.17) is 14.2 Å². The fourth-order valence-electron chi connectivity index (χ4n) is 9.58. The van der Waals surface area contributed by atoms with E-state index in [1.54, 1.807) is 0 Å². The Hall–Kier alpha value is -2.63. The molecule has 1 atom stereocenters. The van der Waals surface area contributed by atoms with Crippen LogP contribution in [0.5, 0.6) is 0 Å². The summed E-state index contributed by atoms with van der Waals surface area (Å²) in [5.74, 6) is -0.875. The molecule has 0 aliphatic heterocycles. The number of hydrogen-bond acceptors (Lipinski definition) is 6. The highest BCUT2D eigenvalue weighted by molar-refractivity contribution is 5.71. The summed E-state index contributed by atoms with van der Waals surface area (Å²) in [7, 11) is 0. The lowest BCUT2D eigenvalue weighted by molar-refractivity contribution is -0.167. The second-order valence-corrected chi connectivity index (χ2v) is 22.0. The zero-order chi connectivity index (χ0) is 53.6. The first-order valence-corrected chi connectivity index (χ1v) is 32.6. The highest BCUT2D eigenvalue weighted by Gasteiger charge is 2.19. The lowest BCUT2D eigenvalue weighted by atomic mass is 10.0. The monoisotopic (exact) mass is 1040 g/mol. The largest absolute Gasteiger partial charge is 0.462 e. The van der Waals surface area contributed by atoms with E-state index < -0.39 is 6.10 Å². The smallest absolute Gasteiger partial charge is 0.306 e. The second-order valence-electron chi connectivity index (χ2n) is 22.0. The first kappa shape index (κ1) is 71.4. The Bertz CT molecular complexity index is 1280. The van der Waals surface area contributed by atoms with E-state index >= 15 is 0 Å². The number of allylic oxidation sites excluding steroid dienone is 8. The lowest BCUT2D eigenvalue weighted by Gasteiger charge is -2.18. The van der Waals surface area contributed by atoms with Gasteiger partial charge in [0, 0.05) is 19.3 Å². The van der Waals surface area contributed by atoms with Crippen LogP contribution < -0.4 is 0 Å². The van der Waals surface area contributed by atoms with E-state index in [9.17, 15) is 14.4 Å². The fraction of sp³-hybridized carbons (Fsp3) is 0.838. The van der Waals surface area contributed by atoms with Crippen LogP contribution in [0.15, 0.2) is 48.6 Å². The minimum atomic E-state index is -0.781. The number of ether oxygens (including phenoxy) is 3. The summed E-state index contributed by atoms with van der Waals surface area (Å²) in [6, 6.07) is 0. The van der Waals surface area contributed by atoms with Crippen LogP contribution in [0.25, 0.3) is 0 Å². The zero-order valence-corrected chi connectivity index (χ0v) is 49.6. The maximum absolute atomic E-state index is 12.9. The van der Waals surface area contributed by atoms with Crippen LogP contribution >= 0.6 is 0 Å². The highest BCUT2D eigenvalue weighted by Crippen LogP contribution is 2.17. The number of hydrogen-bond donors (Lipinski definition) is 0. The van der Waals surface area contributed by atoms with Crippen LogP contribution in [0.4, 0.5) is 0 Å². The Balaban J connectivity index is 4.32. The van der Waals surface area contributed by atoms with Crippen LogP contribution in [0.2, 0.25) is 0 Å². The molecule has 0 rings (SSSR count). The maximum Gasteiger partial charge on any atom is 0.306 e. The molecule has 0 aromatic heterocycles. The van der Waals surface area contributed by atoms with E-state index in [0.717, 1.165) is 77.0 Å². The molecule has 0 radical (unpaired) electrons. The summed E-state index contributed by atoms with van der Waals surface area (Å²) in [6.07, 6.45) is 78.3. The number of unbranched alkanes of at least 4 members (excludes halogenated alkanes) is 41. The predicted octanol–water partition coefficient (Wildman–Crippen LogP) is 22.2. The zero-order valence-electron chi connectivity index (χ0n) is 49.6. The van der Waals surface area contributed by atoms with Crippen molar-refractivity contribution >= 4 is 17.9 Å². The predicted molar refractivity (Wildman–Crippen MR) is 321 cm³/mol. The summed E-state index contributed by atoms with van der Waals surface area (Å²) in [4.78, 5) is 38.3. The first-order valence-electron chi connectivity index (χ1n) is 32.6. The van der Waals surface area contributed by atoms with Gasteiger partial charge in [-0.3, -0.25) is 14.4 Å². The van der Waals surface area contributed by atoms with Crippen LogP contribution in [0, 0.1) is 0 Å². The Labute approximate surface area is 460 Å². The average molecular weight is 1040 g/mol. The van der Waals surface area contributed by atoms with Gasteiger partial charge < -0.3 is 14.2 Å². The Kier molecular flexibility index (Phi) is 60.7. The molecule has 1 unspecified atom stereocenters. The molecular weight excluding hydrogens is 913 g/mol. The fourth-order valence-corrected chi connectivity index (χ4v) is 9.58. The van der Waals surface area contributed by atoms with E-state index in [-0.39, 0.29) is 31.1 Å². The van der Waals surface area contributed by atoms with Gasteiger partial charge in [0.15, 0.2) is 6.10 Å². The Morgan fingerprint density at radius 1 is 0.270 bits per heavy atom. The molecule has 0 aliphatic carbocycles. The number of esters is 3. The molecule has 74 heavy (non-hydrogen) atoms. The molecule has 0 saturated heterocycles. The summed E-state index contributed by atoms with van der Waals surface area (Å²) >= 11 is 0. The molecule has 0 aromatic carbocycles. The molecule has 6 heteroatoms. The van der Waals surface area contributed by atoms with Gasteiger partial charge in [-0.2, -0.15) is 0 Å². The third-order valence-corrected chi connectivity index (χ3v) is 14.5. The van der Waals surface area contributed by atoms with E-state index in [2.05, 4.69) is 69.4 Å². The molecular formula is C68H124O6. The molecule has 0 aromatic rings. The number of rotatable bonds is 60. The van der Waals surface area contributed by atoms with E-state index in [0.29, 0.717) is 19.3 Å². The van der Waals surface area contributed by atoms with Crippen molar-refractivity contribution < 1.29 is 28.6 Å². The Morgan fingerprint density at radius 2 is 0.486 bits per heavy atom. The maximum atomic E-state index is 12.9. The van der Waals surface area contributed by atoms with Gasteiger partial charge in [0.2, 0.25) is 0 Å². The third kappa shape index (κ3) is 60.2. The van der Waals surface area contributed by atoms with Crippen LogP contribution in [-0.4, -0.2) is 37.2 Å². The van der Waals surface area contributed by atoms with Crippen LogP contribution in [-0.2, 0) is 28.6 Å². The quantitative estimate of drug-likeness (QED) is 0.0261. The molecule has 0 spiro atoms. The first-order chi connectivity index (χ1) is 36.5. The Morgan fingerprint density at radius 3 is 0.770 bits per heavy atom. The molecule has 0 heterocycles. The van der Waals surface area contributed by atoms with Gasteiger partial charge in [0.25, 0.3) is 0 Å². The summed E-state index contributed by atoms with van der Waals surface area (Å²) in [6.45, 7) is 6.65. The van der Waals surface area contributed by atoms with Crippen molar-refractivity contribution in [2.24, 2.45) is 0 Å². The van der Waals surface area contributed by atoms with Crippen molar-refractivity contribution in [1.29, 1.82) is 0 Å². The molecule has 0 N–H and O–H groups in total. The number of carbonyl (C=O) groups is 3. The topological polar surface area (TPSA) is 78.9 Å². The normalized spacial score (nSPS) is 12.3. The van der Waals surface area contributed by atoms with E-state index in [1.165, 1.54) is 231 Å². The minimum Gasteiger partial charge on any atom is -0.462 e. The molecule has 0 saturated carbocycles. The van der Waals surface area contributed by atoms with Crippen molar-refractivity contribution in [1.82, 2.24) is 0 Å². The van der Waals surface area contributed by atoms with Gasteiger partial charge in [-0.1, -0.05) is 275 Å². The van der Waals surface area contributed by atoms with Gasteiger partial charge in [-0.25, -0.2) is 0 Å². The lowest BCUT2D eigenvalue weighted by Crippen LogP contribution is -2.30. The summed E-state index contributed by atoms with van der Waals surface area (Å²) in [5, 5.41) is 0. The third-order valence-electron chi connectivity index (χ3n) is 14.5. The SMILES string of the molecule is CCCCCC/C=C\C/C=C\CCCCCCCCCC(=O)OC(COC(=O)CCCCCCC/C=C\CCCCCCCC)COC(=O)CCCCCCCCCCCCC/C=C\CCCCCCCCCC. The standard InChI is InChI=1S/C68H124O6/c1-4-7-10-13-16-19-22-25-28-30-32-33-34-35-36-38-40-43-46-49-52-55-58-61-67(70)73-64-65(63-72-66(69)60-57-54-51-48-45-42-39-27-24-21-18-15-12-9-6-3)74-68(71)62-59-56-53-50-47-44-41-37-31-29-26-23-20-17-14-11-8-5-2/h20,23,27,29-32,39,65H,4-19,21-22,24-26,28,33-38,40-64H2,1-3H3/b23-20-,31-29-,32-30-,39-27-. The van der Waals surface area contributed by atoms with Crippen molar-refractivity contribution in [3.8, 4) is 0 Å². The van der Waals surface area contributed by atoms with Crippen molar-refractivity contribution in [3.63, 3.8) is 0 Å². The van der Waals surface area contributed by atoms with E-state index in [1.807, 2.05) is 0 Å². The molecule has 0 aliphatic rings. The van der Waals surface area contributed by atoms with Crippen molar-refractivity contribution in [2.75, 3.05) is 13.2 Å². The molecule has 0 fully saturated rings. The van der Waals surface area contributed by atoms with Gasteiger partial charge >= 0.3 is 17.9 Å². The van der Waals surface area contributed by atoms with Crippen molar-refractivity contribution in [2.45, 2.75) is 354 Å².